The molecule has 0 fully saturated rings. The van der Waals surface area contributed by atoms with Crippen LogP contribution >= 0.6 is 0 Å². The first-order chi connectivity index (χ1) is 8.80. The summed E-state index contributed by atoms with van der Waals surface area (Å²) in [6.45, 7) is 10.8. The Bertz CT molecular complexity index is 463. The van der Waals surface area contributed by atoms with Gasteiger partial charge in [0.2, 0.25) is 0 Å². The third-order valence-electron chi connectivity index (χ3n) is 3.49. The van der Waals surface area contributed by atoms with Crippen molar-refractivity contribution in [3.63, 3.8) is 0 Å². The summed E-state index contributed by atoms with van der Waals surface area (Å²) in [5.74, 6) is 0. The molecule has 0 bridgehead atoms. The van der Waals surface area contributed by atoms with E-state index >= 15 is 0 Å². The van der Waals surface area contributed by atoms with E-state index in [4.69, 9.17) is 0 Å². The van der Waals surface area contributed by atoms with Crippen molar-refractivity contribution in [3.8, 4) is 0 Å². The molecule has 1 radical (unpaired) electrons. The normalized spacial score (nSPS) is 10.8. The van der Waals surface area contributed by atoms with Crippen LogP contribution in [-0.2, 0) is 39.3 Å². The molecule has 2 aromatic carbocycles. The number of benzene rings is 2. The van der Waals surface area contributed by atoms with Crippen molar-refractivity contribution in [2.45, 2.75) is 6.54 Å². The Hall–Kier alpha value is -0.496. The molecule has 0 aliphatic rings. The van der Waals surface area contributed by atoms with Gasteiger partial charge in [0.1, 0.15) is 12.2 Å². The summed E-state index contributed by atoms with van der Waals surface area (Å²) in [7, 11) is 0. The van der Waals surface area contributed by atoms with Gasteiger partial charge in [-0.15, -0.1) is 0 Å². The number of para-hydroxylation sites is 1. The Morgan fingerprint density at radius 2 is 1.21 bits per heavy atom. The molecule has 2 rings (SSSR count). The fourth-order valence-electron chi connectivity index (χ4n) is 2.30. The van der Waals surface area contributed by atoms with Crippen LogP contribution in [0.5, 0.6) is 0 Å². The molecule has 0 aliphatic heterocycles. The van der Waals surface area contributed by atoms with Gasteiger partial charge >= 0.3 is 0 Å². The monoisotopic (exact) mass is 327 g/mol. The Morgan fingerprint density at radius 1 is 0.737 bits per heavy atom. The van der Waals surface area contributed by atoms with Crippen LogP contribution in [0.1, 0.15) is 5.56 Å². The molecular weight excluding hydrogens is 307 g/mol. The van der Waals surface area contributed by atoms with Gasteiger partial charge < -0.3 is 4.48 Å². The largest absolute Gasteiger partial charge is 0.338 e. The van der Waals surface area contributed by atoms with E-state index in [9.17, 15) is 0 Å². The van der Waals surface area contributed by atoms with E-state index in [1.165, 1.54) is 11.3 Å². The molecule has 0 aromatic heterocycles. The average Bonchev–Trinajstić information content (AvgIpc) is 2.47. The first-order valence-electron chi connectivity index (χ1n) is 6.35. The van der Waals surface area contributed by atoms with Gasteiger partial charge in [0.15, 0.2) is 0 Å². The van der Waals surface area contributed by atoms with Gasteiger partial charge in [-0.2, -0.15) is 0 Å². The van der Waals surface area contributed by atoms with Crippen LogP contribution in [-0.4, -0.2) is 13.1 Å². The maximum atomic E-state index is 4.13. The minimum atomic E-state index is 0. The van der Waals surface area contributed by atoms with E-state index in [0.29, 0.717) is 0 Å². The van der Waals surface area contributed by atoms with Gasteiger partial charge in [-0.3, -0.25) is 13.8 Å². The molecule has 0 saturated carbocycles. The third kappa shape index (κ3) is 3.98. The number of nitrogens with zero attached hydrogens (tertiary/aromatic N) is 1. The Labute approximate surface area is 142 Å². The molecule has 97 valence electrons. The summed E-state index contributed by atoms with van der Waals surface area (Å²) in [5.41, 5.74) is 2.61. The van der Waals surface area contributed by atoms with Crippen molar-refractivity contribution in [2.24, 2.45) is 0 Å². The number of rotatable bonds is 5. The molecule has 1 nitrogen and oxygen atoms in total. The van der Waals surface area contributed by atoms with Gasteiger partial charge in [-0.05, 0) is 25.2 Å². The van der Waals surface area contributed by atoms with Crippen LogP contribution in [0.2, 0.25) is 0 Å². The van der Waals surface area contributed by atoms with Crippen LogP contribution < -0.4 is 4.48 Å². The van der Waals surface area contributed by atoms with Crippen molar-refractivity contribution < 1.29 is 32.7 Å². The molecule has 0 saturated heterocycles. The molecule has 2 heteroatoms. The summed E-state index contributed by atoms with van der Waals surface area (Å²) in [6.07, 6.45) is 0. The predicted molar refractivity (Wildman–Crippen MR) is 78.8 cm³/mol. The Morgan fingerprint density at radius 3 is 1.68 bits per heavy atom. The zero-order valence-electron chi connectivity index (χ0n) is 11.3. The molecule has 0 amide bonds. The quantitative estimate of drug-likeness (QED) is 0.578. The topological polar surface area (TPSA) is 0 Å². The van der Waals surface area contributed by atoms with Gasteiger partial charge in [0, 0.05) is 38.3 Å². The Balaban J connectivity index is 0.00000180. The standard InChI is InChI=1S/C17H20N.Y/c1-3-18(4-2,17-13-9-6-10-14-17)15-16-11-7-5-8-12-16;/h5-14H,1-4,15H2;/q-1;. The van der Waals surface area contributed by atoms with E-state index in [1.54, 1.807) is 0 Å². The molecule has 0 N–H and O–H groups in total. The second-order valence-electron chi connectivity index (χ2n) is 4.57. The third-order valence-corrected chi connectivity index (χ3v) is 3.49. The summed E-state index contributed by atoms with van der Waals surface area (Å²) in [4.78, 5) is 0. The molecule has 0 unspecified atom stereocenters. The SMILES string of the molecule is [CH2-]C[N+](C[CH2-])(Cc1ccccc1)c1ccccc1.[Y]. The van der Waals surface area contributed by atoms with Crippen LogP contribution in [0.4, 0.5) is 5.69 Å². The predicted octanol–water partition coefficient (Wildman–Crippen LogP) is 3.86. The molecule has 19 heavy (non-hydrogen) atoms. The fraction of sp³-hybridized carbons (Fsp3) is 0.176. The summed E-state index contributed by atoms with van der Waals surface area (Å²) >= 11 is 0. The van der Waals surface area contributed by atoms with E-state index in [1.807, 2.05) is 6.07 Å². The van der Waals surface area contributed by atoms with Crippen LogP contribution in [0.15, 0.2) is 60.7 Å². The maximum Gasteiger partial charge on any atom is 0.128 e. The second-order valence-corrected chi connectivity index (χ2v) is 4.57. The van der Waals surface area contributed by atoms with E-state index in [-0.39, 0.29) is 32.7 Å². The van der Waals surface area contributed by atoms with Crippen LogP contribution in [0, 0.1) is 13.8 Å². The minimum Gasteiger partial charge on any atom is -0.338 e. The maximum absolute atomic E-state index is 4.13. The average molecular weight is 327 g/mol. The van der Waals surface area contributed by atoms with Crippen molar-refractivity contribution in [2.75, 3.05) is 13.1 Å². The summed E-state index contributed by atoms with van der Waals surface area (Å²) in [5, 5.41) is 0. The molecular formula is C17H20NY-. The van der Waals surface area contributed by atoms with Crippen LogP contribution in [0.25, 0.3) is 0 Å². The van der Waals surface area contributed by atoms with Gasteiger partial charge in [0.05, 0.1) is 0 Å². The van der Waals surface area contributed by atoms with Gasteiger partial charge in [-0.1, -0.05) is 48.5 Å². The molecule has 0 heterocycles. The van der Waals surface area contributed by atoms with Gasteiger partial charge in [0.25, 0.3) is 0 Å². The smallest absolute Gasteiger partial charge is 0.128 e. The van der Waals surface area contributed by atoms with E-state index in [0.717, 1.165) is 24.1 Å². The van der Waals surface area contributed by atoms with E-state index in [2.05, 4.69) is 68.4 Å². The number of quaternary nitrogens is 1. The Kier molecular flexibility index (Phi) is 6.92. The van der Waals surface area contributed by atoms with Gasteiger partial charge in [-0.25, -0.2) is 0 Å². The molecule has 2 aromatic rings. The second kappa shape index (κ2) is 7.94. The van der Waals surface area contributed by atoms with Crippen molar-refractivity contribution >= 4 is 5.69 Å². The first-order valence-corrected chi connectivity index (χ1v) is 6.35. The van der Waals surface area contributed by atoms with E-state index < -0.39 is 0 Å². The fourth-order valence-corrected chi connectivity index (χ4v) is 2.30. The number of hydrogen-bond acceptors (Lipinski definition) is 0. The molecule has 0 atom stereocenters. The summed E-state index contributed by atoms with van der Waals surface area (Å²) in [6, 6.07) is 21.1. The zero-order valence-corrected chi connectivity index (χ0v) is 14.2. The first kappa shape index (κ1) is 16.6. The van der Waals surface area contributed by atoms with Crippen LogP contribution in [0.3, 0.4) is 0 Å². The molecule has 0 spiro atoms. The molecule has 0 aliphatic carbocycles. The summed E-state index contributed by atoms with van der Waals surface area (Å²) < 4.78 is 0.796. The zero-order chi connectivity index (χ0) is 12.8. The van der Waals surface area contributed by atoms with Crippen molar-refractivity contribution in [1.29, 1.82) is 0 Å². The van der Waals surface area contributed by atoms with Crippen molar-refractivity contribution in [1.82, 2.24) is 4.48 Å². The minimum absolute atomic E-state index is 0. The number of hydrogen-bond donors (Lipinski definition) is 0. The van der Waals surface area contributed by atoms with Crippen molar-refractivity contribution in [3.05, 3.63) is 80.1 Å².